The first-order valence-electron chi connectivity index (χ1n) is 9.92. The molecule has 6 nitrogen and oxygen atoms in total. The maximum Gasteiger partial charge on any atom is 0.248 e. The molecular formula is C24H22N4O2. The van der Waals surface area contributed by atoms with Gasteiger partial charge in [-0.05, 0) is 48.4 Å². The Bertz CT molecular complexity index is 1260. The fraction of sp³-hybridized carbons (Fsp3) is 0.167. The van der Waals surface area contributed by atoms with Gasteiger partial charge in [-0.25, -0.2) is 4.98 Å². The third kappa shape index (κ3) is 3.02. The lowest BCUT2D eigenvalue weighted by atomic mass is 10.1. The molecule has 0 fully saturated rings. The van der Waals surface area contributed by atoms with Gasteiger partial charge in [0.25, 0.3) is 0 Å². The number of imidazole rings is 1. The van der Waals surface area contributed by atoms with Crippen molar-refractivity contribution in [2.45, 2.75) is 25.5 Å². The number of aryl methyl sites for hydroxylation is 1. The van der Waals surface area contributed by atoms with E-state index in [1.54, 1.807) is 12.1 Å². The van der Waals surface area contributed by atoms with Crippen LogP contribution in [0.5, 0.6) is 0 Å². The van der Waals surface area contributed by atoms with Crippen LogP contribution in [0.3, 0.4) is 0 Å². The van der Waals surface area contributed by atoms with Crippen LogP contribution in [0.1, 0.15) is 33.1 Å². The maximum absolute atomic E-state index is 11.7. The first kappa shape index (κ1) is 18.4. The molecule has 1 heterocycles. The molecule has 0 radical (unpaired) electrons. The standard InChI is InChI=1S/C24H22N4O2/c1-14-6-9-17(10-7-14)26-24-27-19-12-16(23(25)30)8-11-20(19)28(24)22-18-5-3-2-4-15(18)13-21(22)29/h2-12,21-22,29H,13H2,1H3,(H2,25,30)(H,26,27)/t21-,22+/m0/s1. The summed E-state index contributed by atoms with van der Waals surface area (Å²) in [4.78, 5) is 16.4. The Morgan fingerprint density at radius 2 is 1.90 bits per heavy atom. The Labute approximate surface area is 174 Å². The first-order chi connectivity index (χ1) is 14.5. The number of carbonyl (C=O) groups excluding carboxylic acids is 1. The van der Waals surface area contributed by atoms with Crippen LogP contribution in [-0.2, 0) is 6.42 Å². The lowest BCUT2D eigenvalue weighted by molar-refractivity contribution is 0.100. The summed E-state index contributed by atoms with van der Waals surface area (Å²) in [6, 6.07) is 21.1. The predicted molar refractivity (Wildman–Crippen MR) is 117 cm³/mol. The van der Waals surface area contributed by atoms with Crippen LogP contribution in [-0.4, -0.2) is 26.7 Å². The number of benzene rings is 3. The van der Waals surface area contributed by atoms with E-state index >= 15 is 0 Å². The number of aliphatic hydroxyl groups excluding tert-OH is 1. The molecule has 4 aromatic rings. The SMILES string of the molecule is Cc1ccc(Nc2nc3cc(C(N)=O)ccc3n2[C@@H]2c3ccccc3C[C@@H]2O)cc1. The lowest BCUT2D eigenvalue weighted by Crippen LogP contribution is -2.22. The van der Waals surface area contributed by atoms with Crippen LogP contribution in [0, 0.1) is 6.92 Å². The number of nitrogens with one attached hydrogen (secondary N) is 1. The number of aromatic nitrogens is 2. The molecule has 0 saturated carbocycles. The van der Waals surface area contributed by atoms with Crippen LogP contribution in [0.2, 0.25) is 0 Å². The molecule has 4 N–H and O–H groups in total. The minimum Gasteiger partial charge on any atom is -0.390 e. The largest absolute Gasteiger partial charge is 0.390 e. The minimum atomic E-state index is -0.575. The highest BCUT2D eigenvalue weighted by Crippen LogP contribution is 2.39. The molecular weight excluding hydrogens is 376 g/mol. The molecule has 150 valence electrons. The number of fused-ring (bicyclic) bond motifs is 2. The second-order valence-corrected chi connectivity index (χ2v) is 7.78. The van der Waals surface area contributed by atoms with Crippen LogP contribution < -0.4 is 11.1 Å². The van der Waals surface area contributed by atoms with E-state index in [0.717, 1.165) is 22.3 Å². The Morgan fingerprint density at radius 1 is 1.13 bits per heavy atom. The van der Waals surface area contributed by atoms with Gasteiger partial charge in [-0.2, -0.15) is 0 Å². The van der Waals surface area contributed by atoms with Crippen molar-refractivity contribution in [1.82, 2.24) is 9.55 Å². The van der Waals surface area contributed by atoms with Gasteiger partial charge < -0.3 is 16.2 Å². The molecule has 0 aliphatic heterocycles. The highest BCUT2D eigenvalue weighted by molar-refractivity contribution is 5.96. The van der Waals surface area contributed by atoms with Crippen molar-refractivity contribution in [1.29, 1.82) is 0 Å². The maximum atomic E-state index is 11.7. The topological polar surface area (TPSA) is 93.2 Å². The lowest BCUT2D eigenvalue weighted by Gasteiger charge is -2.22. The third-order valence-electron chi connectivity index (χ3n) is 5.73. The van der Waals surface area contributed by atoms with Gasteiger partial charge in [0, 0.05) is 17.7 Å². The Balaban J connectivity index is 1.70. The predicted octanol–water partition coefficient (Wildman–Crippen LogP) is 3.69. The minimum absolute atomic E-state index is 0.279. The molecule has 1 aliphatic rings. The number of aliphatic hydroxyl groups is 1. The zero-order valence-corrected chi connectivity index (χ0v) is 16.5. The second kappa shape index (κ2) is 7.00. The van der Waals surface area contributed by atoms with E-state index in [2.05, 4.69) is 17.4 Å². The van der Waals surface area contributed by atoms with E-state index in [0.29, 0.717) is 23.4 Å². The van der Waals surface area contributed by atoms with E-state index in [-0.39, 0.29) is 6.04 Å². The Hall–Kier alpha value is -3.64. The van der Waals surface area contributed by atoms with Crippen molar-refractivity contribution in [2.24, 2.45) is 5.73 Å². The molecule has 1 amide bonds. The summed E-state index contributed by atoms with van der Waals surface area (Å²) in [6.45, 7) is 2.04. The number of rotatable bonds is 4. The van der Waals surface area contributed by atoms with E-state index in [1.165, 1.54) is 5.56 Å². The highest BCUT2D eigenvalue weighted by atomic mass is 16.3. The first-order valence-corrected chi connectivity index (χ1v) is 9.92. The number of nitrogens with zero attached hydrogens (tertiary/aromatic N) is 2. The average Bonchev–Trinajstić information content (AvgIpc) is 3.24. The quantitative estimate of drug-likeness (QED) is 0.489. The summed E-state index contributed by atoms with van der Waals surface area (Å²) < 4.78 is 2.02. The molecule has 3 aromatic carbocycles. The highest BCUT2D eigenvalue weighted by Gasteiger charge is 2.34. The number of hydrogen-bond donors (Lipinski definition) is 3. The van der Waals surface area contributed by atoms with Crippen LogP contribution >= 0.6 is 0 Å². The zero-order valence-electron chi connectivity index (χ0n) is 16.5. The van der Waals surface area contributed by atoms with Gasteiger partial charge in [-0.3, -0.25) is 9.36 Å². The zero-order chi connectivity index (χ0) is 20.8. The van der Waals surface area contributed by atoms with Crippen molar-refractivity contribution < 1.29 is 9.90 Å². The van der Waals surface area contributed by atoms with Gasteiger partial charge in [0.1, 0.15) is 0 Å². The van der Waals surface area contributed by atoms with Gasteiger partial charge in [0.05, 0.1) is 23.2 Å². The van der Waals surface area contributed by atoms with E-state index in [1.807, 2.05) is 54.0 Å². The van der Waals surface area contributed by atoms with Gasteiger partial charge >= 0.3 is 0 Å². The molecule has 30 heavy (non-hydrogen) atoms. The Morgan fingerprint density at radius 3 is 2.67 bits per heavy atom. The van der Waals surface area contributed by atoms with Gasteiger partial charge in [0.2, 0.25) is 11.9 Å². The van der Waals surface area contributed by atoms with Gasteiger partial charge in [-0.1, -0.05) is 42.0 Å². The fourth-order valence-electron chi connectivity index (χ4n) is 4.25. The van der Waals surface area contributed by atoms with Crippen LogP contribution in [0.25, 0.3) is 11.0 Å². The molecule has 1 aliphatic carbocycles. The van der Waals surface area contributed by atoms with Crippen molar-refractivity contribution in [3.63, 3.8) is 0 Å². The van der Waals surface area contributed by atoms with Crippen molar-refractivity contribution in [2.75, 3.05) is 5.32 Å². The van der Waals surface area contributed by atoms with E-state index < -0.39 is 12.0 Å². The van der Waals surface area contributed by atoms with Crippen molar-refractivity contribution in [3.05, 3.63) is 89.0 Å². The summed E-state index contributed by atoms with van der Waals surface area (Å²) in [7, 11) is 0. The van der Waals surface area contributed by atoms with Crippen molar-refractivity contribution >= 4 is 28.6 Å². The molecule has 0 bridgehead atoms. The number of anilines is 2. The van der Waals surface area contributed by atoms with E-state index in [4.69, 9.17) is 10.7 Å². The molecule has 5 rings (SSSR count). The van der Waals surface area contributed by atoms with Crippen LogP contribution in [0.15, 0.2) is 66.7 Å². The normalized spacial score (nSPS) is 17.8. The second-order valence-electron chi connectivity index (χ2n) is 7.78. The summed E-state index contributed by atoms with van der Waals surface area (Å²) in [5, 5.41) is 14.4. The van der Waals surface area contributed by atoms with Crippen molar-refractivity contribution in [3.8, 4) is 0 Å². The molecule has 0 unspecified atom stereocenters. The summed E-state index contributed by atoms with van der Waals surface area (Å²) in [5.41, 5.74) is 11.6. The summed E-state index contributed by atoms with van der Waals surface area (Å²) >= 11 is 0. The average molecular weight is 398 g/mol. The number of primary amides is 1. The summed E-state index contributed by atoms with van der Waals surface area (Å²) in [6.07, 6.45) is 0.0123. The van der Waals surface area contributed by atoms with Gasteiger partial charge in [0.15, 0.2) is 0 Å². The molecule has 6 heteroatoms. The van der Waals surface area contributed by atoms with E-state index in [9.17, 15) is 9.90 Å². The summed E-state index contributed by atoms with van der Waals surface area (Å²) in [5.74, 6) is 0.113. The molecule has 0 saturated heterocycles. The fourth-order valence-corrected chi connectivity index (χ4v) is 4.25. The monoisotopic (exact) mass is 398 g/mol. The van der Waals surface area contributed by atoms with Crippen LogP contribution in [0.4, 0.5) is 11.6 Å². The third-order valence-corrected chi connectivity index (χ3v) is 5.73. The number of nitrogens with two attached hydrogens (primary N) is 1. The molecule has 2 atom stereocenters. The number of amides is 1. The smallest absolute Gasteiger partial charge is 0.248 e. The van der Waals surface area contributed by atoms with Gasteiger partial charge in [-0.15, -0.1) is 0 Å². The number of carbonyl (C=O) groups is 1. The molecule has 1 aromatic heterocycles. The molecule has 0 spiro atoms. The number of hydrogen-bond acceptors (Lipinski definition) is 4. The Kier molecular flexibility index (Phi) is 4.29.